The van der Waals surface area contributed by atoms with Gasteiger partial charge in [0.2, 0.25) is 0 Å². The summed E-state index contributed by atoms with van der Waals surface area (Å²) in [5.74, 6) is -0.912. The number of rotatable bonds is 17. The fraction of sp³-hybridized carbons (Fsp3) is 0.850. The SMILES string of the molecule is CCCCCCCC/C=C\CCCCCCCC(O)CC(=O)O. The van der Waals surface area contributed by atoms with Crippen LogP contribution in [0, 0.1) is 0 Å². The average Bonchev–Trinajstić information content (AvgIpc) is 2.50. The molecule has 0 aromatic heterocycles. The summed E-state index contributed by atoms with van der Waals surface area (Å²) in [6.07, 6.45) is 20.8. The summed E-state index contributed by atoms with van der Waals surface area (Å²) in [6, 6.07) is 0. The van der Waals surface area contributed by atoms with Crippen molar-refractivity contribution in [3.8, 4) is 0 Å². The van der Waals surface area contributed by atoms with Gasteiger partial charge < -0.3 is 10.2 Å². The summed E-state index contributed by atoms with van der Waals surface area (Å²) in [5, 5.41) is 18.0. The molecule has 0 fully saturated rings. The van der Waals surface area contributed by atoms with Gasteiger partial charge in [-0.1, -0.05) is 76.9 Å². The highest BCUT2D eigenvalue weighted by Gasteiger charge is 2.08. The van der Waals surface area contributed by atoms with Crippen molar-refractivity contribution in [3.05, 3.63) is 12.2 Å². The zero-order chi connectivity index (χ0) is 17.2. The molecule has 0 aliphatic heterocycles. The number of carboxylic acids is 1. The number of hydrogen-bond donors (Lipinski definition) is 2. The molecular formula is C20H38O3. The Labute approximate surface area is 143 Å². The molecule has 0 aromatic carbocycles. The summed E-state index contributed by atoms with van der Waals surface area (Å²) in [5.41, 5.74) is 0. The summed E-state index contributed by atoms with van der Waals surface area (Å²) in [6.45, 7) is 2.26. The van der Waals surface area contributed by atoms with Crippen molar-refractivity contribution in [2.75, 3.05) is 0 Å². The lowest BCUT2D eigenvalue weighted by Gasteiger charge is -2.06. The average molecular weight is 327 g/mol. The Morgan fingerprint density at radius 3 is 1.83 bits per heavy atom. The van der Waals surface area contributed by atoms with Crippen LogP contribution in [-0.2, 0) is 4.79 Å². The zero-order valence-corrected chi connectivity index (χ0v) is 15.1. The Balaban J connectivity index is 3.17. The number of aliphatic carboxylic acids is 1. The van der Waals surface area contributed by atoms with Crippen LogP contribution in [0.4, 0.5) is 0 Å². The normalized spacial score (nSPS) is 12.8. The van der Waals surface area contributed by atoms with Crippen LogP contribution >= 0.6 is 0 Å². The van der Waals surface area contributed by atoms with Crippen LogP contribution in [0.2, 0.25) is 0 Å². The molecule has 0 saturated carbocycles. The Morgan fingerprint density at radius 2 is 1.30 bits per heavy atom. The number of carbonyl (C=O) groups is 1. The molecule has 0 heterocycles. The van der Waals surface area contributed by atoms with Gasteiger partial charge in [-0.05, 0) is 32.1 Å². The molecule has 0 aliphatic carbocycles. The predicted octanol–water partition coefficient (Wildman–Crippen LogP) is 5.86. The first kappa shape index (κ1) is 22.2. The second-order valence-corrected chi connectivity index (χ2v) is 6.62. The summed E-state index contributed by atoms with van der Waals surface area (Å²) in [7, 11) is 0. The Kier molecular flexibility index (Phi) is 16.9. The highest BCUT2D eigenvalue weighted by molar-refractivity contribution is 5.67. The van der Waals surface area contributed by atoms with E-state index in [1.54, 1.807) is 0 Å². The Hall–Kier alpha value is -0.830. The number of unbranched alkanes of at least 4 members (excludes halogenated alkanes) is 11. The van der Waals surface area contributed by atoms with Crippen LogP contribution in [0.25, 0.3) is 0 Å². The van der Waals surface area contributed by atoms with Crippen molar-refractivity contribution >= 4 is 5.97 Å². The molecule has 1 atom stereocenters. The fourth-order valence-electron chi connectivity index (χ4n) is 2.75. The van der Waals surface area contributed by atoms with E-state index in [0.717, 1.165) is 12.8 Å². The lowest BCUT2D eigenvalue weighted by atomic mass is 10.1. The van der Waals surface area contributed by atoms with Crippen molar-refractivity contribution in [1.29, 1.82) is 0 Å². The van der Waals surface area contributed by atoms with E-state index in [2.05, 4.69) is 19.1 Å². The van der Waals surface area contributed by atoms with Gasteiger partial charge in [0.05, 0.1) is 12.5 Å². The quantitative estimate of drug-likeness (QED) is 0.260. The predicted molar refractivity (Wildman–Crippen MR) is 97.7 cm³/mol. The van der Waals surface area contributed by atoms with Gasteiger partial charge in [0, 0.05) is 0 Å². The number of allylic oxidation sites excluding steroid dienone is 2. The Bertz CT molecular complexity index is 287. The minimum Gasteiger partial charge on any atom is -0.481 e. The molecular weight excluding hydrogens is 288 g/mol. The zero-order valence-electron chi connectivity index (χ0n) is 15.1. The molecule has 0 radical (unpaired) electrons. The molecule has 3 heteroatoms. The van der Waals surface area contributed by atoms with Crippen LogP contribution in [0.15, 0.2) is 12.2 Å². The third-order valence-electron chi connectivity index (χ3n) is 4.21. The van der Waals surface area contributed by atoms with Crippen LogP contribution in [-0.4, -0.2) is 22.3 Å². The van der Waals surface area contributed by atoms with Gasteiger partial charge >= 0.3 is 5.97 Å². The van der Waals surface area contributed by atoms with E-state index in [-0.39, 0.29) is 6.42 Å². The molecule has 0 aromatic rings. The van der Waals surface area contributed by atoms with E-state index in [1.807, 2.05) is 0 Å². The lowest BCUT2D eigenvalue weighted by Crippen LogP contribution is -2.12. The lowest BCUT2D eigenvalue weighted by molar-refractivity contribution is -0.139. The monoisotopic (exact) mass is 326 g/mol. The molecule has 2 N–H and O–H groups in total. The highest BCUT2D eigenvalue weighted by atomic mass is 16.4. The molecule has 1 unspecified atom stereocenters. The van der Waals surface area contributed by atoms with Crippen LogP contribution < -0.4 is 0 Å². The van der Waals surface area contributed by atoms with Gasteiger partial charge in [-0.25, -0.2) is 0 Å². The second kappa shape index (κ2) is 17.5. The van der Waals surface area contributed by atoms with E-state index < -0.39 is 12.1 Å². The largest absolute Gasteiger partial charge is 0.481 e. The van der Waals surface area contributed by atoms with E-state index in [1.165, 1.54) is 70.6 Å². The third kappa shape index (κ3) is 19.1. The molecule has 0 amide bonds. The topological polar surface area (TPSA) is 57.5 Å². The molecule has 0 bridgehead atoms. The van der Waals surface area contributed by atoms with Gasteiger partial charge in [0.1, 0.15) is 0 Å². The van der Waals surface area contributed by atoms with Gasteiger partial charge in [0.25, 0.3) is 0 Å². The molecule has 0 aliphatic rings. The van der Waals surface area contributed by atoms with E-state index in [4.69, 9.17) is 5.11 Å². The molecule has 0 saturated heterocycles. The number of hydrogen-bond acceptors (Lipinski definition) is 2. The number of aliphatic hydroxyl groups is 1. The van der Waals surface area contributed by atoms with Crippen molar-refractivity contribution in [2.45, 2.75) is 109 Å². The standard InChI is InChI=1S/C20H38O3/c1-2-3-4-5-6-7-8-9-10-11-12-13-14-15-16-17-19(21)18-20(22)23/h9-10,19,21H,2-8,11-18H2,1H3,(H,22,23)/b10-9-. The van der Waals surface area contributed by atoms with Gasteiger partial charge in [0.15, 0.2) is 0 Å². The molecule has 23 heavy (non-hydrogen) atoms. The second-order valence-electron chi connectivity index (χ2n) is 6.62. The van der Waals surface area contributed by atoms with Crippen LogP contribution in [0.3, 0.4) is 0 Å². The van der Waals surface area contributed by atoms with Gasteiger partial charge in [-0.15, -0.1) is 0 Å². The maximum absolute atomic E-state index is 10.4. The molecule has 136 valence electrons. The third-order valence-corrected chi connectivity index (χ3v) is 4.21. The maximum atomic E-state index is 10.4. The van der Waals surface area contributed by atoms with Crippen molar-refractivity contribution in [2.24, 2.45) is 0 Å². The van der Waals surface area contributed by atoms with E-state index in [0.29, 0.717) is 6.42 Å². The summed E-state index contributed by atoms with van der Waals surface area (Å²) < 4.78 is 0. The highest BCUT2D eigenvalue weighted by Crippen LogP contribution is 2.11. The number of aliphatic hydroxyl groups excluding tert-OH is 1. The molecule has 3 nitrogen and oxygen atoms in total. The maximum Gasteiger partial charge on any atom is 0.305 e. The van der Waals surface area contributed by atoms with E-state index in [9.17, 15) is 9.90 Å². The fourth-order valence-corrected chi connectivity index (χ4v) is 2.75. The van der Waals surface area contributed by atoms with Gasteiger partial charge in [-0.3, -0.25) is 4.79 Å². The van der Waals surface area contributed by atoms with E-state index >= 15 is 0 Å². The number of carboxylic acid groups (broad SMARTS) is 1. The summed E-state index contributed by atoms with van der Waals surface area (Å²) in [4.78, 5) is 10.4. The first-order valence-corrected chi connectivity index (χ1v) is 9.71. The molecule has 0 spiro atoms. The van der Waals surface area contributed by atoms with Crippen molar-refractivity contribution in [1.82, 2.24) is 0 Å². The first-order chi connectivity index (χ1) is 11.2. The smallest absolute Gasteiger partial charge is 0.305 e. The Morgan fingerprint density at radius 1 is 0.826 bits per heavy atom. The van der Waals surface area contributed by atoms with Crippen LogP contribution in [0.1, 0.15) is 103 Å². The van der Waals surface area contributed by atoms with Gasteiger partial charge in [-0.2, -0.15) is 0 Å². The van der Waals surface area contributed by atoms with Crippen molar-refractivity contribution < 1.29 is 15.0 Å². The minimum absolute atomic E-state index is 0.122. The minimum atomic E-state index is -0.912. The van der Waals surface area contributed by atoms with Crippen molar-refractivity contribution in [3.63, 3.8) is 0 Å². The summed E-state index contributed by atoms with van der Waals surface area (Å²) >= 11 is 0. The first-order valence-electron chi connectivity index (χ1n) is 9.71. The molecule has 0 rings (SSSR count). The van der Waals surface area contributed by atoms with Crippen LogP contribution in [0.5, 0.6) is 0 Å².